The minimum absolute atomic E-state index is 0.0944. The highest BCUT2D eigenvalue weighted by Crippen LogP contribution is 2.53. The van der Waals surface area contributed by atoms with E-state index in [2.05, 4.69) is 212 Å². The first kappa shape index (κ1) is 34.1. The lowest BCUT2D eigenvalue weighted by Gasteiger charge is -2.32. The number of fused-ring (bicyclic) bond motifs is 6. The molecule has 0 aliphatic heterocycles. The maximum atomic E-state index is 2.49. The van der Waals surface area contributed by atoms with Crippen LogP contribution in [0.5, 0.6) is 0 Å². The zero-order chi connectivity index (χ0) is 37.6. The van der Waals surface area contributed by atoms with E-state index in [1.165, 1.54) is 77.9 Å². The lowest BCUT2D eigenvalue weighted by Crippen LogP contribution is -2.18. The summed E-state index contributed by atoms with van der Waals surface area (Å²) in [6.07, 6.45) is 0. The SMILES string of the molecule is Cc1ccc(N(c2ccccc2)c2cc(-c3ccc4c(c3)C(C)(C)c3ccccc3-4)c(C(C)(C)C)c(-c3ccc4c(c3)C(C)(C)c3ccccc3-4)c2)cc1. The quantitative estimate of drug-likeness (QED) is 0.173. The summed E-state index contributed by atoms with van der Waals surface area (Å²) in [5.41, 5.74) is 21.8. The van der Waals surface area contributed by atoms with Crippen molar-refractivity contribution in [1.82, 2.24) is 0 Å². The van der Waals surface area contributed by atoms with Gasteiger partial charge in [0.05, 0.1) is 0 Å². The molecule has 266 valence electrons. The summed E-state index contributed by atoms with van der Waals surface area (Å²) in [4.78, 5) is 2.43. The van der Waals surface area contributed by atoms with Gasteiger partial charge in [-0.05, 0) is 133 Å². The van der Waals surface area contributed by atoms with Crippen LogP contribution in [-0.2, 0) is 16.2 Å². The molecule has 1 heteroatoms. The lowest BCUT2D eigenvalue weighted by molar-refractivity contribution is 0.593. The molecule has 0 spiro atoms. The number of nitrogens with zero attached hydrogens (tertiary/aromatic N) is 1. The summed E-state index contributed by atoms with van der Waals surface area (Å²) in [5, 5.41) is 0. The molecule has 2 aliphatic carbocycles. The van der Waals surface area contributed by atoms with E-state index in [9.17, 15) is 0 Å². The lowest BCUT2D eigenvalue weighted by atomic mass is 9.75. The van der Waals surface area contributed by atoms with E-state index in [0.29, 0.717) is 0 Å². The molecule has 7 aromatic carbocycles. The molecule has 0 atom stereocenters. The monoisotopic (exact) mass is 699 g/mol. The summed E-state index contributed by atoms with van der Waals surface area (Å²) in [5.74, 6) is 0. The molecule has 0 saturated heterocycles. The normalized spacial score (nSPS) is 14.6. The number of hydrogen-bond acceptors (Lipinski definition) is 1. The topological polar surface area (TPSA) is 3.24 Å². The molecule has 0 unspecified atom stereocenters. The molecule has 0 N–H and O–H groups in total. The van der Waals surface area contributed by atoms with Crippen LogP contribution >= 0.6 is 0 Å². The van der Waals surface area contributed by atoms with Crippen molar-refractivity contribution in [3.63, 3.8) is 0 Å². The fourth-order valence-corrected chi connectivity index (χ4v) is 9.48. The Hall–Kier alpha value is -5.66. The van der Waals surface area contributed by atoms with Gasteiger partial charge in [-0.1, -0.05) is 157 Å². The van der Waals surface area contributed by atoms with Crippen LogP contribution in [0.4, 0.5) is 17.1 Å². The van der Waals surface area contributed by atoms with E-state index >= 15 is 0 Å². The van der Waals surface area contributed by atoms with Gasteiger partial charge in [-0.3, -0.25) is 0 Å². The van der Waals surface area contributed by atoms with E-state index in [-0.39, 0.29) is 16.2 Å². The highest BCUT2D eigenvalue weighted by molar-refractivity contribution is 5.92. The minimum Gasteiger partial charge on any atom is -0.310 e. The van der Waals surface area contributed by atoms with Gasteiger partial charge in [0.15, 0.2) is 0 Å². The summed E-state index contributed by atoms with van der Waals surface area (Å²) in [6, 6.07) is 57.1. The average molecular weight is 700 g/mol. The third-order valence-corrected chi connectivity index (χ3v) is 12.2. The first-order chi connectivity index (χ1) is 25.8. The zero-order valence-corrected chi connectivity index (χ0v) is 32.9. The maximum Gasteiger partial charge on any atom is 0.0474 e. The Morgan fingerprint density at radius 1 is 0.389 bits per heavy atom. The van der Waals surface area contributed by atoms with Gasteiger partial charge in [-0.2, -0.15) is 0 Å². The van der Waals surface area contributed by atoms with Crippen LogP contribution in [-0.4, -0.2) is 0 Å². The molecule has 0 radical (unpaired) electrons. The van der Waals surface area contributed by atoms with Crippen molar-refractivity contribution in [2.75, 3.05) is 4.90 Å². The molecule has 0 fully saturated rings. The van der Waals surface area contributed by atoms with Crippen molar-refractivity contribution in [3.05, 3.63) is 185 Å². The standard InChI is InChI=1S/C53H49N/c1-34-22-26-38(27-23-34)54(37-16-10-9-11-17-37)39-32-44(35-24-28-42-40-18-12-14-20-46(40)52(5,6)48(42)30-35)50(51(2,3)4)45(33-39)36-25-29-43-41-19-13-15-21-47(41)53(7,8)49(43)31-36/h9-33H,1-8H3. The van der Waals surface area contributed by atoms with Crippen molar-refractivity contribution in [3.8, 4) is 44.5 Å². The molecule has 0 heterocycles. The van der Waals surface area contributed by atoms with Gasteiger partial charge in [0.1, 0.15) is 0 Å². The van der Waals surface area contributed by atoms with E-state index in [1.807, 2.05) is 0 Å². The Balaban J connectivity index is 1.34. The van der Waals surface area contributed by atoms with Crippen molar-refractivity contribution in [1.29, 1.82) is 0 Å². The van der Waals surface area contributed by atoms with Crippen LogP contribution < -0.4 is 4.90 Å². The minimum atomic E-state index is -0.153. The number of benzene rings is 7. The largest absolute Gasteiger partial charge is 0.310 e. The molecule has 0 bridgehead atoms. The van der Waals surface area contributed by atoms with Crippen molar-refractivity contribution in [2.24, 2.45) is 0 Å². The first-order valence-electron chi connectivity index (χ1n) is 19.4. The second-order valence-corrected chi connectivity index (χ2v) is 17.5. The second-order valence-electron chi connectivity index (χ2n) is 17.5. The van der Waals surface area contributed by atoms with Crippen LogP contribution in [0.25, 0.3) is 44.5 Å². The Morgan fingerprint density at radius 3 is 1.30 bits per heavy atom. The Labute approximate surface area is 322 Å². The summed E-state index contributed by atoms with van der Waals surface area (Å²) < 4.78 is 0. The molecule has 0 aromatic heterocycles. The Kier molecular flexibility index (Phi) is 7.70. The van der Waals surface area contributed by atoms with Gasteiger partial charge in [0.25, 0.3) is 0 Å². The molecule has 9 rings (SSSR count). The van der Waals surface area contributed by atoms with E-state index in [4.69, 9.17) is 0 Å². The van der Waals surface area contributed by atoms with Gasteiger partial charge < -0.3 is 4.90 Å². The molecule has 54 heavy (non-hydrogen) atoms. The van der Waals surface area contributed by atoms with E-state index in [1.54, 1.807) is 0 Å². The molecule has 0 amide bonds. The average Bonchev–Trinajstić information content (AvgIpc) is 3.54. The Bertz CT molecular complexity index is 2450. The predicted molar refractivity (Wildman–Crippen MR) is 231 cm³/mol. The molecular formula is C53H49N. The number of aryl methyl sites for hydroxylation is 1. The van der Waals surface area contributed by atoms with Gasteiger partial charge in [-0.25, -0.2) is 0 Å². The number of rotatable bonds is 5. The van der Waals surface area contributed by atoms with Gasteiger partial charge in [0, 0.05) is 27.9 Å². The zero-order valence-electron chi connectivity index (χ0n) is 32.9. The van der Waals surface area contributed by atoms with Gasteiger partial charge in [0.2, 0.25) is 0 Å². The number of hydrogen-bond donors (Lipinski definition) is 0. The van der Waals surface area contributed by atoms with Gasteiger partial charge in [-0.15, -0.1) is 0 Å². The summed E-state index contributed by atoms with van der Waals surface area (Å²) in [7, 11) is 0. The maximum absolute atomic E-state index is 2.49. The summed E-state index contributed by atoms with van der Waals surface area (Å²) in [6.45, 7) is 18.8. The number of anilines is 3. The summed E-state index contributed by atoms with van der Waals surface area (Å²) >= 11 is 0. The fraction of sp³-hybridized carbons (Fsp3) is 0.208. The first-order valence-corrected chi connectivity index (χ1v) is 19.4. The van der Waals surface area contributed by atoms with Crippen LogP contribution in [0.3, 0.4) is 0 Å². The van der Waals surface area contributed by atoms with Crippen LogP contribution in [0.15, 0.2) is 152 Å². The van der Waals surface area contributed by atoms with E-state index in [0.717, 1.165) is 17.1 Å². The highest BCUT2D eigenvalue weighted by Gasteiger charge is 2.38. The van der Waals surface area contributed by atoms with Crippen LogP contribution in [0, 0.1) is 6.92 Å². The third-order valence-electron chi connectivity index (χ3n) is 12.2. The number of para-hydroxylation sites is 1. The molecule has 2 aliphatic rings. The van der Waals surface area contributed by atoms with Crippen molar-refractivity contribution < 1.29 is 0 Å². The predicted octanol–water partition coefficient (Wildman–Crippen LogP) is 14.7. The van der Waals surface area contributed by atoms with Gasteiger partial charge >= 0.3 is 0 Å². The van der Waals surface area contributed by atoms with E-state index < -0.39 is 0 Å². The van der Waals surface area contributed by atoms with Crippen molar-refractivity contribution in [2.45, 2.75) is 71.6 Å². The highest BCUT2D eigenvalue weighted by atomic mass is 15.1. The fourth-order valence-electron chi connectivity index (χ4n) is 9.48. The third kappa shape index (κ3) is 5.28. The molecular weight excluding hydrogens is 651 g/mol. The second kappa shape index (κ2) is 12.2. The van der Waals surface area contributed by atoms with Crippen LogP contribution in [0.2, 0.25) is 0 Å². The smallest absolute Gasteiger partial charge is 0.0474 e. The molecule has 1 nitrogen and oxygen atoms in total. The van der Waals surface area contributed by atoms with Crippen LogP contribution in [0.1, 0.15) is 81.8 Å². The molecule has 0 saturated carbocycles. The Morgan fingerprint density at radius 2 is 0.815 bits per heavy atom. The van der Waals surface area contributed by atoms with Crippen molar-refractivity contribution >= 4 is 17.1 Å². The molecule has 7 aromatic rings.